The Hall–Kier alpha value is -5.88. The van der Waals surface area contributed by atoms with Gasteiger partial charge in [-0.05, 0) is 86.9 Å². The summed E-state index contributed by atoms with van der Waals surface area (Å²) >= 11 is 0. The number of nitrogens with one attached hydrogen (secondary N) is 3. The van der Waals surface area contributed by atoms with Crippen molar-refractivity contribution in [3.8, 4) is 11.1 Å². The molecule has 4 amide bonds. The van der Waals surface area contributed by atoms with E-state index in [0.717, 1.165) is 16.7 Å². The molecule has 0 unspecified atom stereocenters. The van der Waals surface area contributed by atoms with E-state index in [9.17, 15) is 19.2 Å². The van der Waals surface area contributed by atoms with Crippen molar-refractivity contribution in [2.45, 2.75) is 25.7 Å². The number of amides is 4. The number of nitrogens with zero attached hydrogens (tertiary/aromatic N) is 5. The lowest BCUT2D eigenvalue weighted by atomic mass is 9.95. The maximum absolute atomic E-state index is 13.0. The fourth-order valence-corrected chi connectivity index (χ4v) is 5.79. The first-order valence-electron chi connectivity index (χ1n) is 17.3. The molecule has 1 fully saturated rings. The van der Waals surface area contributed by atoms with Gasteiger partial charge in [0.15, 0.2) is 0 Å². The van der Waals surface area contributed by atoms with Crippen LogP contribution in [0.15, 0.2) is 97.5 Å². The molecule has 0 aliphatic carbocycles. The van der Waals surface area contributed by atoms with Crippen molar-refractivity contribution < 1.29 is 19.2 Å². The molecule has 1 saturated heterocycles. The van der Waals surface area contributed by atoms with Crippen LogP contribution < -0.4 is 16.0 Å². The van der Waals surface area contributed by atoms with Crippen molar-refractivity contribution in [2.24, 2.45) is 5.92 Å². The number of carbonyl (C=O) groups is 4. The number of piperidine rings is 1. The number of hydrogen-bond acceptors (Lipinski definition) is 8. The highest BCUT2D eigenvalue weighted by Gasteiger charge is 2.26. The van der Waals surface area contributed by atoms with Gasteiger partial charge in [0.25, 0.3) is 5.91 Å². The molecular formula is C40H46N8O4. The van der Waals surface area contributed by atoms with Gasteiger partial charge < -0.3 is 30.7 Å². The third kappa shape index (κ3) is 10.8. The summed E-state index contributed by atoms with van der Waals surface area (Å²) in [4.78, 5) is 64.6. The first-order valence-corrected chi connectivity index (χ1v) is 17.3. The van der Waals surface area contributed by atoms with Gasteiger partial charge in [-0.3, -0.25) is 24.2 Å². The van der Waals surface area contributed by atoms with Gasteiger partial charge in [-0.2, -0.15) is 0 Å². The Morgan fingerprint density at radius 3 is 2.25 bits per heavy atom. The van der Waals surface area contributed by atoms with Gasteiger partial charge in [0.1, 0.15) is 5.82 Å². The van der Waals surface area contributed by atoms with Gasteiger partial charge in [-0.25, -0.2) is 4.98 Å². The number of likely N-dealkylation sites (tertiary alicyclic amines) is 1. The maximum Gasteiger partial charge on any atom is 0.253 e. The van der Waals surface area contributed by atoms with Crippen LogP contribution >= 0.6 is 0 Å². The molecule has 270 valence electrons. The molecule has 0 atom stereocenters. The Morgan fingerprint density at radius 2 is 1.56 bits per heavy atom. The second-order valence-corrected chi connectivity index (χ2v) is 13.3. The summed E-state index contributed by atoms with van der Waals surface area (Å²) in [6.07, 6.45) is 10.4. The van der Waals surface area contributed by atoms with E-state index >= 15 is 0 Å². The van der Waals surface area contributed by atoms with Crippen LogP contribution in [0, 0.1) is 5.92 Å². The van der Waals surface area contributed by atoms with Crippen molar-refractivity contribution in [1.82, 2.24) is 24.7 Å². The maximum atomic E-state index is 13.0. The zero-order valence-electron chi connectivity index (χ0n) is 30.1. The number of benzene rings is 2. The van der Waals surface area contributed by atoms with Crippen molar-refractivity contribution in [2.75, 3.05) is 63.8 Å². The molecule has 0 saturated carbocycles. The summed E-state index contributed by atoms with van der Waals surface area (Å²) in [7, 11) is 7.35. The van der Waals surface area contributed by atoms with Crippen LogP contribution in [-0.4, -0.2) is 96.1 Å². The highest BCUT2D eigenvalue weighted by atomic mass is 16.2. The molecule has 2 aromatic carbocycles. The van der Waals surface area contributed by atoms with Crippen LogP contribution in [0.2, 0.25) is 0 Å². The van der Waals surface area contributed by atoms with E-state index in [2.05, 4.69) is 25.9 Å². The number of pyridine rings is 2. The predicted octanol–water partition coefficient (Wildman–Crippen LogP) is 5.46. The van der Waals surface area contributed by atoms with Crippen molar-refractivity contribution >= 4 is 46.5 Å². The quantitative estimate of drug-likeness (QED) is 0.156. The molecule has 1 aliphatic heterocycles. The van der Waals surface area contributed by atoms with Crippen molar-refractivity contribution in [1.29, 1.82) is 0 Å². The van der Waals surface area contributed by atoms with Crippen LogP contribution in [0.1, 0.15) is 35.2 Å². The van der Waals surface area contributed by atoms with Crippen molar-refractivity contribution in [3.63, 3.8) is 0 Å². The monoisotopic (exact) mass is 702 g/mol. The molecule has 0 radical (unpaired) electrons. The van der Waals surface area contributed by atoms with E-state index in [4.69, 9.17) is 0 Å². The average Bonchev–Trinajstić information content (AvgIpc) is 3.14. The van der Waals surface area contributed by atoms with Crippen LogP contribution in [0.25, 0.3) is 11.1 Å². The standard InChI is InChI=1S/C40H46N8O4/c1-46(2)20-6-9-38(50)48-21-18-30(19-22-48)39(51)45-33-8-5-7-28(23-33)10-17-37(49)44-35-24-34(26-41-27-35)43-36-16-15-32(25-42-36)29-11-13-31(14-12-29)40(52)47(3)4/h5-9,11-16,23-27,30H,10,17-22H2,1-4H3,(H,42,43)(H,44,49)(H,45,51)/b9-6+. The minimum Gasteiger partial charge on any atom is -0.345 e. The third-order valence-electron chi connectivity index (χ3n) is 8.67. The lowest BCUT2D eigenvalue weighted by molar-refractivity contribution is -0.130. The van der Waals surface area contributed by atoms with E-state index in [1.165, 1.54) is 0 Å². The summed E-state index contributed by atoms with van der Waals surface area (Å²) in [5.74, 6) is 0.173. The van der Waals surface area contributed by atoms with E-state index < -0.39 is 0 Å². The molecule has 1 aliphatic rings. The number of likely N-dealkylation sites (N-methyl/N-ethyl adjacent to an activating group) is 1. The summed E-state index contributed by atoms with van der Waals surface area (Å²) in [6, 6.07) is 20.5. The van der Waals surface area contributed by atoms with E-state index in [1.807, 2.05) is 73.6 Å². The molecule has 4 aromatic rings. The molecule has 3 N–H and O–H groups in total. The second kappa shape index (κ2) is 17.9. The summed E-state index contributed by atoms with van der Waals surface area (Å²) in [5, 5.41) is 9.16. The summed E-state index contributed by atoms with van der Waals surface area (Å²) in [6.45, 7) is 1.81. The van der Waals surface area contributed by atoms with Gasteiger partial charge in [-0.1, -0.05) is 30.3 Å². The third-order valence-corrected chi connectivity index (χ3v) is 8.67. The minimum atomic E-state index is -0.164. The minimum absolute atomic E-state index is 0.0164. The van der Waals surface area contributed by atoms with Crippen LogP contribution in [0.3, 0.4) is 0 Å². The van der Waals surface area contributed by atoms with Gasteiger partial charge >= 0.3 is 0 Å². The molecule has 2 aromatic heterocycles. The SMILES string of the molecule is CN(C)C/C=C/C(=O)N1CCC(C(=O)Nc2cccc(CCC(=O)Nc3cncc(Nc4ccc(-c5ccc(C(=O)N(C)C)cc5)cn4)c3)c2)CC1. The first kappa shape index (κ1) is 37.4. The van der Waals surface area contributed by atoms with Gasteiger partial charge in [0, 0.05) is 75.2 Å². The zero-order valence-corrected chi connectivity index (χ0v) is 30.1. The number of anilines is 4. The zero-order chi connectivity index (χ0) is 37.0. The largest absolute Gasteiger partial charge is 0.345 e. The van der Waals surface area contributed by atoms with Gasteiger partial charge in [-0.15, -0.1) is 0 Å². The molecular weight excluding hydrogens is 656 g/mol. The number of carbonyl (C=O) groups excluding carboxylic acids is 4. The van der Waals surface area contributed by atoms with Gasteiger partial charge in [0.05, 0.1) is 23.8 Å². The molecule has 12 heteroatoms. The Bertz CT molecular complexity index is 1880. The number of aromatic nitrogens is 2. The smallest absolute Gasteiger partial charge is 0.253 e. The van der Waals surface area contributed by atoms with E-state index in [1.54, 1.807) is 66.8 Å². The average molecular weight is 703 g/mol. The second-order valence-electron chi connectivity index (χ2n) is 13.3. The Labute approximate surface area is 304 Å². The Morgan fingerprint density at radius 1 is 0.827 bits per heavy atom. The fraction of sp³-hybridized carbons (Fsp3) is 0.300. The molecule has 3 heterocycles. The Balaban J connectivity index is 1.07. The highest BCUT2D eigenvalue weighted by molar-refractivity contribution is 5.95. The topological polar surface area (TPSA) is 140 Å². The summed E-state index contributed by atoms with van der Waals surface area (Å²) < 4.78 is 0. The predicted molar refractivity (Wildman–Crippen MR) is 204 cm³/mol. The Kier molecular flexibility index (Phi) is 12.8. The van der Waals surface area contributed by atoms with E-state index in [0.29, 0.717) is 67.3 Å². The lowest BCUT2D eigenvalue weighted by Gasteiger charge is -2.30. The molecule has 0 bridgehead atoms. The number of aryl methyl sites for hydroxylation is 1. The van der Waals surface area contributed by atoms with Gasteiger partial charge in [0.2, 0.25) is 17.7 Å². The number of rotatable bonds is 13. The van der Waals surface area contributed by atoms with Crippen LogP contribution in [0.4, 0.5) is 22.9 Å². The molecule has 5 rings (SSSR count). The number of hydrogen-bond donors (Lipinski definition) is 3. The first-order chi connectivity index (χ1) is 25.0. The highest BCUT2D eigenvalue weighted by Crippen LogP contribution is 2.24. The fourth-order valence-electron chi connectivity index (χ4n) is 5.79. The van der Waals surface area contributed by atoms with E-state index in [-0.39, 0.29) is 36.0 Å². The normalized spacial score (nSPS) is 13.2. The molecule has 12 nitrogen and oxygen atoms in total. The molecule has 0 spiro atoms. The van der Waals surface area contributed by atoms with Crippen LogP contribution in [-0.2, 0) is 20.8 Å². The van der Waals surface area contributed by atoms with Crippen molar-refractivity contribution in [3.05, 3.63) is 109 Å². The van der Waals surface area contributed by atoms with Crippen LogP contribution in [0.5, 0.6) is 0 Å². The molecule has 52 heavy (non-hydrogen) atoms. The summed E-state index contributed by atoms with van der Waals surface area (Å²) in [5.41, 5.74) is 5.32. The lowest BCUT2D eigenvalue weighted by Crippen LogP contribution is -2.40.